The Balaban J connectivity index is 1.68. The minimum Gasteiger partial charge on any atom is -0.469 e. The lowest BCUT2D eigenvalue weighted by Gasteiger charge is -2.60. The van der Waals surface area contributed by atoms with Crippen LogP contribution in [0, 0.1) is 40.4 Å². The molecule has 0 bridgehead atoms. The molecule has 0 saturated heterocycles. The van der Waals surface area contributed by atoms with Crippen LogP contribution < -0.4 is 0 Å². The van der Waals surface area contributed by atoms with Crippen molar-refractivity contribution in [2.75, 3.05) is 7.11 Å². The first-order chi connectivity index (χ1) is 11.8. The number of rotatable bonds is 1. The smallest absolute Gasteiger partial charge is 0.311 e. The fourth-order valence-electron chi connectivity index (χ4n) is 7.53. The Bertz CT molecular complexity index is 586. The minimum absolute atomic E-state index is 0.0714. The summed E-state index contributed by atoms with van der Waals surface area (Å²) in [6, 6.07) is 0. The summed E-state index contributed by atoms with van der Waals surface area (Å²) in [5, 5.41) is 10.5. The van der Waals surface area contributed by atoms with E-state index in [4.69, 9.17) is 4.74 Å². The Hall–Kier alpha value is -0.900. The lowest BCUT2D eigenvalue weighted by Crippen LogP contribution is -2.59. The number of aliphatic hydroxyl groups excluding tert-OH is 1. The molecule has 0 aromatic rings. The van der Waals surface area contributed by atoms with Gasteiger partial charge in [-0.15, -0.1) is 0 Å². The monoisotopic (exact) mass is 348 g/mol. The van der Waals surface area contributed by atoms with Crippen molar-refractivity contribution >= 4 is 11.8 Å². The number of ketones is 1. The maximum Gasteiger partial charge on any atom is 0.311 e. The summed E-state index contributed by atoms with van der Waals surface area (Å²) in [5.41, 5.74) is 0.0411. The predicted octanol–water partition coefficient (Wildman–Crippen LogP) is 3.36. The van der Waals surface area contributed by atoms with E-state index in [-0.39, 0.29) is 22.7 Å². The minimum atomic E-state index is -0.627. The summed E-state index contributed by atoms with van der Waals surface area (Å²) in [6.45, 7) is 4.56. The molecule has 0 aliphatic heterocycles. The maximum absolute atomic E-state index is 13.3. The molecule has 0 heterocycles. The number of hydrogen-bond donors (Lipinski definition) is 1. The lowest BCUT2D eigenvalue weighted by molar-refractivity contribution is -0.175. The number of methoxy groups -OCH3 is 1. The molecule has 1 N–H and O–H groups in total. The molecule has 4 fully saturated rings. The topological polar surface area (TPSA) is 63.6 Å². The first-order valence-corrected chi connectivity index (χ1v) is 10.1. The van der Waals surface area contributed by atoms with Gasteiger partial charge >= 0.3 is 5.97 Å². The van der Waals surface area contributed by atoms with E-state index in [1.807, 2.05) is 0 Å². The van der Waals surface area contributed by atoms with Gasteiger partial charge in [-0.25, -0.2) is 0 Å². The normalized spacial score (nSPS) is 52.1. The van der Waals surface area contributed by atoms with Crippen molar-refractivity contribution < 1.29 is 19.4 Å². The molecule has 3 unspecified atom stereocenters. The average Bonchev–Trinajstić information content (AvgIpc) is 2.94. The van der Waals surface area contributed by atoms with Crippen LogP contribution in [0.1, 0.15) is 65.2 Å². The Kier molecular flexibility index (Phi) is 4.06. The molecule has 4 rings (SSSR count). The van der Waals surface area contributed by atoms with E-state index in [0.29, 0.717) is 42.8 Å². The molecular weight excluding hydrogens is 316 g/mol. The summed E-state index contributed by atoms with van der Waals surface area (Å²) in [4.78, 5) is 25.5. The SMILES string of the molecule is COC(=O)C1C[C@@]2(C)C(CC[C@@H]3[C@H]2C(=O)C[C@]2(C)CCC[C@@H]32)CC1O. The molecule has 4 heteroatoms. The third-order valence-electron chi connectivity index (χ3n) is 8.67. The van der Waals surface area contributed by atoms with Crippen molar-refractivity contribution in [2.24, 2.45) is 40.4 Å². The summed E-state index contributed by atoms with van der Waals surface area (Å²) in [7, 11) is 1.39. The molecule has 4 aliphatic carbocycles. The zero-order chi connectivity index (χ0) is 18.0. The first-order valence-electron chi connectivity index (χ1n) is 10.1. The third kappa shape index (κ3) is 2.43. The predicted molar refractivity (Wildman–Crippen MR) is 93.6 cm³/mol. The maximum atomic E-state index is 13.3. The van der Waals surface area contributed by atoms with Gasteiger partial charge in [-0.2, -0.15) is 0 Å². The molecule has 4 saturated carbocycles. The number of esters is 1. The van der Waals surface area contributed by atoms with E-state index in [1.165, 1.54) is 26.4 Å². The number of fused-ring (bicyclic) bond motifs is 5. The van der Waals surface area contributed by atoms with E-state index < -0.39 is 12.0 Å². The summed E-state index contributed by atoms with van der Waals surface area (Å²) < 4.78 is 4.95. The first kappa shape index (κ1) is 17.5. The van der Waals surface area contributed by atoms with Crippen LogP contribution >= 0.6 is 0 Å². The van der Waals surface area contributed by atoms with Gasteiger partial charge in [0.05, 0.1) is 19.1 Å². The molecule has 0 aromatic carbocycles. The molecule has 0 spiro atoms. The lowest BCUT2D eigenvalue weighted by atomic mass is 9.44. The molecule has 0 radical (unpaired) electrons. The van der Waals surface area contributed by atoms with Crippen LogP contribution in [0.3, 0.4) is 0 Å². The van der Waals surface area contributed by atoms with Crippen LogP contribution in [0.5, 0.6) is 0 Å². The molecule has 8 atom stereocenters. The molecule has 0 aromatic heterocycles. The summed E-state index contributed by atoms with van der Waals surface area (Å²) in [6.07, 6.45) is 7.22. The van der Waals surface area contributed by atoms with E-state index in [9.17, 15) is 14.7 Å². The largest absolute Gasteiger partial charge is 0.469 e. The standard InChI is InChI=1S/C21H32O4/c1-20-8-4-5-15(20)13-7-6-12-9-16(22)14(19(24)25-3)10-21(12,2)18(13)17(23)11-20/h12-16,18,22H,4-11H2,1-3H3/t12?,13-,14?,15-,16?,18-,20-,21-/m0/s1. The molecular formula is C21H32O4. The van der Waals surface area contributed by atoms with Crippen LogP contribution in [0.2, 0.25) is 0 Å². The molecule has 4 aliphatic rings. The highest BCUT2D eigenvalue weighted by molar-refractivity contribution is 5.84. The van der Waals surface area contributed by atoms with E-state index in [2.05, 4.69) is 13.8 Å². The van der Waals surface area contributed by atoms with Gasteiger partial charge in [-0.3, -0.25) is 9.59 Å². The third-order valence-corrected chi connectivity index (χ3v) is 8.67. The van der Waals surface area contributed by atoms with Crippen LogP contribution in [0.15, 0.2) is 0 Å². The summed E-state index contributed by atoms with van der Waals surface area (Å²) >= 11 is 0. The van der Waals surface area contributed by atoms with Crippen LogP contribution in [-0.2, 0) is 14.3 Å². The number of carbonyl (C=O) groups is 2. The van der Waals surface area contributed by atoms with Crippen LogP contribution in [0.4, 0.5) is 0 Å². The second kappa shape index (κ2) is 5.80. The van der Waals surface area contributed by atoms with Crippen molar-refractivity contribution in [1.29, 1.82) is 0 Å². The van der Waals surface area contributed by atoms with Gasteiger partial charge in [0.2, 0.25) is 0 Å². The number of carbonyl (C=O) groups excluding carboxylic acids is 2. The highest BCUT2D eigenvalue weighted by Crippen LogP contribution is 2.65. The fourth-order valence-corrected chi connectivity index (χ4v) is 7.53. The number of aliphatic hydroxyl groups is 1. The zero-order valence-electron chi connectivity index (χ0n) is 15.8. The van der Waals surface area contributed by atoms with Gasteiger partial charge in [0, 0.05) is 12.3 Å². The molecule has 0 amide bonds. The van der Waals surface area contributed by atoms with Gasteiger partial charge in [0.1, 0.15) is 5.78 Å². The van der Waals surface area contributed by atoms with Gasteiger partial charge in [0.25, 0.3) is 0 Å². The van der Waals surface area contributed by atoms with Gasteiger partial charge in [0.15, 0.2) is 0 Å². The average molecular weight is 348 g/mol. The van der Waals surface area contributed by atoms with Crippen molar-refractivity contribution in [3.8, 4) is 0 Å². The van der Waals surface area contributed by atoms with Crippen molar-refractivity contribution in [3.05, 3.63) is 0 Å². The highest BCUT2D eigenvalue weighted by atomic mass is 16.5. The van der Waals surface area contributed by atoms with Gasteiger partial charge < -0.3 is 9.84 Å². The molecule has 25 heavy (non-hydrogen) atoms. The van der Waals surface area contributed by atoms with Gasteiger partial charge in [-0.05, 0) is 67.1 Å². The number of Topliss-reactive ketones (excluding diaryl/α,β-unsaturated/α-hetero) is 1. The Morgan fingerprint density at radius 3 is 2.72 bits per heavy atom. The zero-order valence-corrected chi connectivity index (χ0v) is 15.8. The van der Waals surface area contributed by atoms with Gasteiger partial charge in [-0.1, -0.05) is 20.3 Å². The quantitative estimate of drug-likeness (QED) is 0.738. The van der Waals surface area contributed by atoms with E-state index >= 15 is 0 Å². The number of ether oxygens (including phenoxy) is 1. The van der Waals surface area contributed by atoms with E-state index in [0.717, 1.165) is 12.8 Å². The molecule has 140 valence electrons. The Morgan fingerprint density at radius 1 is 1.24 bits per heavy atom. The van der Waals surface area contributed by atoms with E-state index in [1.54, 1.807) is 0 Å². The van der Waals surface area contributed by atoms with Crippen LogP contribution in [0.25, 0.3) is 0 Å². The Morgan fingerprint density at radius 2 is 2.00 bits per heavy atom. The number of hydrogen-bond acceptors (Lipinski definition) is 4. The van der Waals surface area contributed by atoms with Crippen molar-refractivity contribution in [1.82, 2.24) is 0 Å². The second-order valence-electron chi connectivity index (χ2n) is 9.85. The van der Waals surface area contributed by atoms with Crippen molar-refractivity contribution in [2.45, 2.75) is 71.3 Å². The Labute approximate surface area is 150 Å². The highest BCUT2D eigenvalue weighted by Gasteiger charge is 2.62. The van der Waals surface area contributed by atoms with Crippen LogP contribution in [-0.4, -0.2) is 30.1 Å². The second-order valence-corrected chi connectivity index (χ2v) is 9.85. The summed E-state index contributed by atoms with van der Waals surface area (Å²) in [5.74, 6) is 1.19. The fraction of sp³-hybridized carbons (Fsp3) is 0.905. The van der Waals surface area contributed by atoms with Crippen molar-refractivity contribution in [3.63, 3.8) is 0 Å². The molecule has 4 nitrogen and oxygen atoms in total.